The van der Waals surface area contributed by atoms with Crippen molar-refractivity contribution in [2.24, 2.45) is 20.8 Å². The molecule has 5 nitrogen and oxygen atoms in total. The molecule has 29 heavy (non-hydrogen) atoms. The molecule has 0 radical (unpaired) electrons. The number of benzene rings is 1. The fourth-order valence-corrected chi connectivity index (χ4v) is 2.74. The summed E-state index contributed by atoms with van der Waals surface area (Å²) in [6.45, 7) is 18.4. The van der Waals surface area contributed by atoms with Gasteiger partial charge in [0.05, 0.1) is 25.3 Å². The summed E-state index contributed by atoms with van der Waals surface area (Å²) in [6.07, 6.45) is 3.28. The number of rotatable bonds is 6. The Morgan fingerprint density at radius 3 is 1.34 bits per heavy atom. The molecular formula is C24H40N2O3. The van der Waals surface area contributed by atoms with Gasteiger partial charge in [-0.3, -0.25) is 9.98 Å². The highest BCUT2D eigenvalue weighted by atomic mass is 16.3. The molecule has 0 heterocycles. The van der Waals surface area contributed by atoms with Gasteiger partial charge in [-0.2, -0.15) is 0 Å². The first-order chi connectivity index (χ1) is 13.1. The van der Waals surface area contributed by atoms with Crippen molar-refractivity contribution in [3.63, 3.8) is 0 Å². The molecule has 0 saturated carbocycles. The van der Waals surface area contributed by atoms with Crippen molar-refractivity contribution in [1.29, 1.82) is 0 Å². The van der Waals surface area contributed by atoms with Crippen LogP contribution in [0.2, 0.25) is 0 Å². The standard InChI is InChI=1S/C24H40N2O3/c1-22(2,3)18-10-16(12-25-19(14-27)23(4,5)6)21(29)17(11-18)13-26-20(15-28)24(7,8)9/h10-13,19-20,27-29H,14-15H2,1-9H3/t19-,20-/m1/s1. The lowest BCUT2D eigenvalue weighted by Gasteiger charge is -2.26. The molecule has 0 fully saturated rings. The van der Waals surface area contributed by atoms with Crippen molar-refractivity contribution in [1.82, 2.24) is 0 Å². The van der Waals surface area contributed by atoms with E-state index in [1.54, 1.807) is 12.4 Å². The lowest BCUT2D eigenvalue weighted by atomic mass is 9.84. The summed E-state index contributed by atoms with van der Waals surface area (Å²) in [5.74, 6) is 0.0988. The molecule has 0 aliphatic heterocycles. The van der Waals surface area contributed by atoms with Gasteiger partial charge in [-0.25, -0.2) is 0 Å². The molecule has 0 bridgehead atoms. The molecule has 1 aromatic carbocycles. The molecule has 1 rings (SSSR count). The Morgan fingerprint density at radius 1 is 0.759 bits per heavy atom. The number of aliphatic imine (C=N–C) groups is 2. The molecule has 5 heteroatoms. The zero-order chi connectivity index (χ0) is 22.6. The number of hydrogen-bond acceptors (Lipinski definition) is 5. The summed E-state index contributed by atoms with van der Waals surface area (Å²) in [6, 6.07) is 3.33. The maximum absolute atomic E-state index is 10.8. The summed E-state index contributed by atoms with van der Waals surface area (Å²) in [7, 11) is 0. The molecule has 2 atom stereocenters. The summed E-state index contributed by atoms with van der Waals surface area (Å²) in [5.41, 5.74) is 1.74. The van der Waals surface area contributed by atoms with Crippen molar-refractivity contribution in [2.45, 2.75) is 79.8 Å². The topological polar surface area (TPSA) is 85.4 Å². The van der Waals surface area contributed by atoms with Crippen LogP contribution in [0, 0.1) is 10.8 Å². The summed E-state index contributed by atoms with van der Waals surface area (Å²) in [4.78, 5) is 9.08. The number of aliphatic hydroxyl groups is 2. The molecule has 0 saturated heterocycles. The lowest BCUT2D eigenvalue weighted by Crippen LogP contribution is -2.28. The first-order valence-electron chi connectivity index (χ1n) is 10.3. The fourth-order valence-electron chi connectivity index (χ4n) is 2.74. The highest BCUT2D eigenvalue weighted by molar-refractivity contribution is 5.92. The van der Waals surface area contributed by atoms with Crippen LogP contribution in [-0.2, 0) is 5.41 Å². The van der Waals surface area contributed by atoms with Crippen LogP contribution in [0.3, 0.4) is 0 Å². The van der Waals surface area contributed by atoms with Gasteiger partial charge in [0.25, 0.3) is 0 Å². The number of nitrogens with zero attached hydrogens (tertiary/aromatic N) is 2. The Kier molecular flexibility index (Phi) is 8.20. The molecule has 0 spiro atoms. The quantitative estimate of drug-likeness (QED) is 0.617. The molecular weight excluding hydrogens is 364 g/mol. The van der Waals surface area contributed by atoms with Crippen molar-refractivity contribution < 1.29 is 15.3 Å². The molecule has 3 N–H and O–H groups in total. The fraction of sp³-hybridized carbons (Fsp3) is 0.667. The second-order valence-corrected chi connectivity index (χ2v) is 10.9. The lowest BCUT2D eigenvalue weighted by molar-refractivity contribution is 0.191. The van der Waals surface area contributed by atoms with E-state index >= 15 is 0 Å². The van der Waals surface area contributed by atoms with E-state index < -0.39 is 0 Å². The summed E-state index contributed by atoms with van der Waals surface area (Å²) >= 11 is 0. The number of phenols is 1. The minimum atomic E-state index is -0.267. The van der Waals surface area contributed by atoms with Gasteiger partial charge in [-0.1, -0.05) is 62.3 Å². The first-order valence-corrected chi connectivity index (χ1v) is 10.3. The van der Waals surface area contributed by atoms with Crippen LogP contribution in [0.5, 0.6) is 5.75 Å². The van der Waals surface area contributed by atoms with E-state index in [0.29, 0.717) is 11.1 Å². The van der Waals surface area contributed by atoms with Crippen LogP contribution in [0.25, 0.3) is 0 Å². The highest BCUT2D eigenvalue weighted by Gasteiger charge is 2.24. The Bertz CT molecular complexity index is 679. The average Bonchev–Trinajstić information content (AvgIpc) is 2.54. The number of aliphatic hydroxyl groups excluding tert-OH is 2. The molecule has 0 unspecified atom stereocenters. The van der Waals surface area contributed by atoms with E-state index in [1.165, 1.54) is 0 Å². The second kappa shape index (κ2) is 9.40. The molecule has 0 aliphatic rings. The maximum Gasteiger partial charge on any atom is 0.133 e. The monoisotopic (exact) mass is 404 g/mol. The third-order valence-corrected chi connectivity index (χ3v) is 5.17. The second-order valence-electron chi connectivity index (χ2n) is 10.9. The normalized spacial score (nSPS) is 16.0. The van der Waals surface area contributed by atoms with Gasteiger partial charge in [0, 0.05) is 23.6 Å². The summed E-state index contributed by atoms with van der Waals surface area (Å²) in [5, 5.41) is 30.2. The van der Waals surface area contributed by atoms with Gasteiger partial charge >= 0.3 is 0 Å². The van der Waals surface area contributed by atoms with E-state index in [0.717, 1.165) is 5.56 Å². The number of phenolic OH excluding ortho intramolecular Hbond substituents is 1. The molecule has 0 aromatic heterocycles. The Balaban J connectivity index is 3.47. The maximum atomic E-state index is 10.8. The third-order valence-electron chi connectivity index (χ3n) is 5.17. The zero-order valence-electron chi connectivity index (χ0n) is 19.6. The Hall–Kier alpha value is -1.72. The van der Waals surface area contributed by atoms with Crippen molar-refractivity contribution in [3.8, 4) is 5.75 Å². The van der Waals surface area contributed by atoms with Gasteiger partial charge in [-0.05, 0) is 33.9 Å². The van der Waals surface area contributed by atoms with Crippen LogP contribution in [0.1, 0.15) is 79.0 Å². The van der Waals surface area contributed by atoms with E-state index in [-0.39, 0.29) is 47.3 Å². The van der Waals surface area contributed by atoms with Crippen LogP contribution < -0.4 is 0 Å². The van der Waals surface area contributed by atoms with Crippen LogP contribution in [-0.4, -0.2) is 53.0 Å². The molecule has 0 aliphatic carbocycles. The van der Waals surface area contributed by atoms with Gasteiger partial charge in [0.15, 0.2) is 0 Å². The Morgan fingerprint density at radius 2 is 1.10 bits per heavy atom. The van der Waals surface area contributed by atoms with E-state index in [9.17, 15) is 15.3 Å². The summed E-state index contributed by atoms with van der Waals surface area (Å²) < 4.78 is 0. The van der Waals surface area contributed by atoms with E-state index in [2.05, 4.69) is 30.8 Å². The smallest absolute Gasteiger partial charge is 0.133 e. The third kappa shape index (κ3) is 7.23. The highest BCUT2D eigenvalue weighted by Crippen LogP contribution is 2.31. The number of aromatic hydroxyl groups is 1. The molecule has 0 amide bonds. The van der Waals surface area contributed by atoms with Crippen molar-refractivity contribution in [2.75, 3.05) is 13.2 Å². The van der Waals surface area contributed by atoms with E-state index in [1.807, 2.05) is 53.7 Å². The SMILES string of the molecule is CC(C)(C)c1cc(C=N[C@H](CO)C(C)(C)C)c(O)c(C=N[C@H](CO)C(C)(C)C)c1. The minimum Gasteiger partial charge on any atom is -0.507 e. The Labute approximate surface area is 176 Å². The van der Waals surface area contributed by atoms with Gasteiger partial charge in [0.2, 0.25) is 0 Å². The molecule has 1 aromatic rings. The van der Waals surface area contributed by atoms with Crippen LogP contribution in [0.4, 0.5) is 0 Å². The first kappa shape index (κ1) is 25.3. The largest absolute Gasteiger partial charge is 0.507 e. The van der Waals surface area contributed by atoms with Crippen LogP contribution in [0.15, 0.2) is 22.1 Å². The molecule has 164 valence electrons. The number of hydrogen-bond donors (Lipinski definition) is 3. The van der Waals surface area contributed by atoms with Gasteiger partial charge in [-0.15, -0.1) is 0 Å². The predicted octanol–water partition coefficient (Wildman–Crippen LogP) is 4.34. The van der Waals surface area contributed by atoms with Gasteiger partial charge in [0.1, 0.15) is 5.75 Å². The van der Waals surface area contributed by atoms with Crippen molar-refractivity contribution in [3.05, 3.63) is 28.8 Å². The van der Waals surface area contributed by atoms with E-state index in [4.69, 9.17) is 0 Å². The minimum absolute atomic E-state index is 0.0577. The predicted molar refractivity (Wildman–Crippen MR) is 123 cm³/mol. The average molecular weight is 405 g/mol. The zero-order valence-corrected chi connectivity index (χ0v) is 19.6. The van der Waals surface area contributed by atoms with Crippen LogP contribution >= 0.6 is 0 Å². The van der Waals surface area contributed by atoms with Gasteiger partial charge < -0.3 is 15.3 Å². The van der Waals surface area contributed by atoms with Crippen molar-refractivity contribution >= 4 is 12.4 Å².